The van der Waals surface area contributed by atoms with E-state index < -0.39 is 16.1 Å². The fraction of sp³-hybridized carbons (Fsp3) is 0.240. The average molecular weight is 453 g/mol. The predicted octanol–water partition coefficient (Wildman–Crippen LogP) is 5.13. The van der Waals surface area contributed by atoms with Crippen molar-refractivity contribution < 1.29 is 17.9 Å². The Balaban J connectivity index is 1.68. The summed E-state index contributed by atoms with van der Waals surface area (Å²) in [6, 6.07) is 17.3. The van der Waals surface area contributed by atoms with Gasteiger partial charge in [0.15, 0.2) is 6.10 Å². The molecule has 0 radical (unpaired) electrons. The van der Waals surface area contributed by atoms with Crippen molar-refractivity contribution in [3.8, 4) is 5.75 Å². The van der Waals surface area contributed by atoms with Crippen molar-refractivity contribution in [2.75, 3.05) is 10.0 Å². The number of nitrogens with one attached hydrogen (secondary N) is 2. The number of hydrogen-bond acceptors (Lipinski definition) is 4. The Kier molecular flexibility index (Phi) is 6.89. The van der Waals surface area contributed by atoms with Crippen molar-refractivity contribution in [3.63, 3.8) is 0 Å². The molecule has 0 aliphatic carbocycles. The first-order chi connectivity index (χ1) is 15.1. The van der Waals surface area contributed by atoms with Crippen LogP contribution in [0, 0.1) is 27.7 Å². The van der Waals surface area contributed by atoms with Crippen molar-refractivity contribution >= 4 is 27.3 Å². The van der Waals surface area contributed by atoms with E-state index in [1.54, 1.807) is 19.1 Å². The highest BCUT2D eigenvalue weighted by molar-refractivity contribution is 7.92. The van der Waals surface area contributed by atoms with Crippen molar-refractivity contribution in [2.24, 2.45) is 0 Å². The molecule has 32 heavy (non-hydrogen) atoms. The van der Waals surface area contributed by atoms with Crippen LogP contribution in [-0.2, 0) is 14.8 Å². The number of anilines is 2. The fourth-order valence-electron chi connectivity index (χ4n) is 3.23. The Hall–Kier alpha value is -3.32. The molecule has 0 saturated carbocycles. The first-order valence-corrected chi connectivity index (χ1v) is 11.8. The van der Waals surface area contributed by atoms with Gasteiger partial charge in [-0.2, -0.15) is 0 Å². The second kappa shape index (κ2) is 9.44. The van der Waals surface area contributed by atoms with Crippen LogP contribution in [0.15, 0.2) is 65.6 Å². The van der Waals surface area contributed by atoms with Crippen molar-refractivity contribution in [2.45, 2.75) is 45.6 Å². The minimum Gasteiger partial charge on any atom is -0.481 e. The van der Waals surface area contributed by atoms with Gasteiger partial charge in [0.2, 0.25) is 0 Å². The highest BCUT2D eigenvalue weighted by Crippen LogP contribution is 2.25. The van der Waals surface area contributed by atoms with E-state index in [2.05, 4.69) is 10.0 Å². The lowest BCUT2D eigenvalue weighted by Crippen LogP contribution is -2.30. The summed E-state index contributed by atoms with van der Waals surface area (Å²) in [5, 5.41) is 2.76. The van der Waals surface area contributed by atoms with Crippen LogP contribution in [0.5, 0.6) is 5.75 Å². The molecule has 3 aromatic rings. The zero-order valence-electron chi connectivity index (χ0n) is 18.9. The zero-order valence-corrected chi connectivity index (χ0v) is 19.7. The molecule has 7 heteroatoms. The minimum atomic E-state index is -3.76. The van der Waals surface area contributed by atoms with E-state index in [0.29, 0.717) is 17.1 Å². The number of para-hydroxylation sites is 1. The monoisotopic (exact) mass is 452 g/mol. The molecule has 0 bridgehead atoms. The van der Waals surface area contributed by atoms with E-state index in [0.717, 1.165) is 22.3 Å². The highest BCUT2D eigenvalue weighted by Gasteiger charge is 2.19. The number of aryl methyl sites for hydroxylation is 3. The molecule has 0 saturated heterocycles. The lowest BCUT2D eigenvalue weighted by Gasteiger charge is -2.17. The summed E-state index contributed by atoms with van der Waals surface area (Å²) in [5.41, 5.74) is 4.81. The number of benzene rings is 3. The topological polar surface area (TPSA) is 84.5 Å². The number of sulfonamides is 1. The van der Waals surface area contributed by atoms with Gasteiger partial charge >= 0.3 is 0 Å². The van der Waals surface area contributed by atoms with E-state index >= 15 is 0 Å². The number of carbonyl (C=O) groups excluding carboxylic acids is 1. The maximum Gasteiger partial charge on any atom is 0.265 e. The van der Waals surface area contributed by atoms with Crippen molar-refractivity contribution in [1.82, 2.24) is 0 Å². The summed E-state index contributed by atoms with van der Waals surface area (Å²) in [6.07, 6.45) is -0.718. The molecule has 1 atom stereocenters. The van der Waals surface area contributed by atoms with Crippen LogP contribution in [0.2, 0.25) is 0 Å². The second-order valence-electron chi connectivity index (χ2n) is 7.84. The van der Waals surface area contributed by atoms with Gasteiger partial charge in [-0.3, -0.25) is 9.52 Å². The molecule has 1 amide bonds. The SMILES string of the molecule is Cc1cccc(O[C@@H](C)C(=O)Nc2ccc(S(=O)(=O)Nc3c(C)cccc3C)cc2)c1C. The third-order valence-corrected chi connectivity index (χ3v) is 6.74. The molecular formula is C25H28N2O4S. The maximum atomic E-state index is 12.8. The third-order valence-electron chi connectivity index (χ3n) is 5.38. The number of hydrogen-bond donors (Lipinski definition) is 2. The summed E-state index contributed by atoms with van der Waals surface area (Å²) >= 11 is 0. The van der Waals surface area contributed by atoms with Gasteiger partial charge in [-0.1, -0.05) is 30.3 Å². The molecule has 0 heterocycles. The summed E-state index contributed by atoms with van der Waals surface area (Å²) in [6.45, 7) is 9.30. The number of ether oxygens (including phenoxy) is 1. The Labute approximate surface area is 189 Å². The van der Waals surface area contributed by atoms with Crippen LogP contribution in [-0.4, -0.2) is 20.4 Å². The smallest absolute Gasteiger partial charge is 0.265 e. The van der Waals surface area contributed by atoms with E-state index in [1.807, 2.05) is 64.1 Å². The van der Waals surface area contributed by atoms with Gasteiger partial charge in [-0.15, -0.1) is 0 Å². The van der Waals surface area contributed by atoms with Gasteiger partial charge in [-0.25, -0.2) is 8.42 Å². The second-order valence-corrected chi connectivity index (χ2v) is 9.53. The number of carbonyl (C=O) groups is 1. The van der Waals surface area contributed by atoms with Gasteiger partial charge in [0.1, 0.15) is 5.75 Å². The quantitative estimate of drug-likeness (QED) is 0.521. The van der Waals surface area contributed by atoms with Gasteiger partial charge in [-0.05, 0) is 87.2 Å². The minimum absolute atomic E-state index is 0.109. The molecule has 168 valence electrons. The molecule has 3 rings (SSSR count). The molecule has 0 fully saturated rings. The normalized spacial score (nSPS) is 12.2. The standard InChI is InChI=1S/C25H28N2O4S/c1-16-8-7-11-23(19(16)4)31-20(5)25(28)26-21-12-14-22(15-13-21)32(29,30)27-24-17(2)9-6-10-18(24)3/h6-15,20,27H,1-5H3,(H,26,28)/t20-/m0/s1. The lowest BCUT2D eigenvalue weighted by molar-refractivity contribution is -0.122. The molecule has 0 unspecified atom stereocenters. The van der Waals surface area contributed by atoms with Gasteiger partial charge in [0, 0.05) is 5.69 Å². The molecule has 0 spiro atoms. The molecule has 0 aliphatic heterocycles. The van der Waals surface area contributed by atoms with Crippen LogP contribution in [0.3, 0.4) is 0 Å². The van der Waals surface area contributed by atoms with E-state index in [1.165, 1.54) is 12.1 Å². The lowest BCUT2D eigenvalue weighted by atomic mass is 10.1. The average Bonchev–Trinajstić information content (AvgIpc) is 2.74. The van der Waals surface area contributed by atoms with Crippen LogP contribution in [0.25, 0.3) is 0 Å². The Morgan fingerprint density at radius 2 is 1.41 bits per heavy atom. The number of rotatable bonds is 7. The summed E-state index contributed by atoms with van der Waals surface area (Å²) in [5.74, 6) is 0.335. The van der Waals surface area contributed by atoms with Gasteiger partial charge < -0.3 is 10.1 Å². The van der Waals surface area contributed by atoms with E-state index in [-0.39, 0.29) is 10.8 Å². The zero-order chi connectivity index (χ0) is 23.5. The Morgan fingerprint density at radius 3 is 2.03 bits per heavy atom. The maximum absolute atomic E-state index is 12.8. The summed E-state index contributed by atoms with van der Waals surface area (Å²) < 4.78 is 34.0. The summed E-state index contributed by atoms with van der Waals surface area (Å²) in [4.78, 5) is 12.7. The van der Waals surface area contributed by atoms with E-state index in [9.17, 15) is 13.2 Å². The Bertz CT molecular complexity index is 1220. The molecular weight excluding hydrogens is 424 g/mol. The van der Waals surface area contributed by atoms with Crippen LogP contribution >= 0.6 is 0 Å². The van der Waals surface area contributed by atoms with Crippen LogP contribution in [0.1, 0.15) is 29.2 Å². The van der Waals surface area contributed by atoms with Gasteiger partial charge in [0.25, 0.3) is 15.9 Å². The summed E-state index contributed by atoms with van der Waals surface area (Å²) in [7, 11) is -3.76. The fourth-order valence-corrected chi connectivity index (χ4v) is 4.43. The number of amides is 1. The largest absolute Gasteiger partial charge is 0.481 e. The molecule has 6 nitrogen and oxygen atoms in total. The van der Waals surface area contributed by atoms with Crippen LogP contribution in [0.4, 0.5) is 11.4 Å². The first kappa shape index (κ1) is 23.3. The third kappa shape index (κ3) is 5.29. The van der Waals surface area contributed by atoms with Crippen LogP contribution < -0.4 is 14.8 Å². The first-order valence-electron chi connectivity index (χ1n) is 10.3. The molecule has 3 aromatic carbocycles. The molecule has 0 aromatic heterocycles. The van der Waals surface area contributed by atoms with Gasteiger partial charge in [0.05, 0.1) is 10.6 Å². The highest BCUT2D eigenvalue weighted by atomic mass is 32.2. The Morgan fingerprint density at radius 1 is 0.844 bits per heavy atom. The van der Waals surface area contributed by atoms with E-state index in [4.69, 9.17) is 4.74 Å². The molecule has 2 N–H and O–H groups in total. The molecule has 0 aliphatic rings. The van der Waals surface area contributed by atoms with Crippen molar-refractivity contribution in [1.29, 1.82) is 0 Å². The van der Waals surface area contributed by atoms with Crippen molar-refractivity contribution in [3.05, 3.63) is 82.9 Å². The predicted molar refractivity (Wildman–Crippen MR) is 128 cm³/mol.